The van der Waals surface area contributed by atoms with E-state index in [-0.39, 0.29) is 5.41 Å². The van der Waals surface area contributed by atoms with Crippen molar-refractivity contribution in [2.75, 3.05) is 0 Å². The Balaban J connectivity index is 0.000000500. The molecule has 14 heavy (non-hydrogen) atoms. The maximum atomic E-state index is 8.29. The van der Waals surface area contributed by atoms with Gasteiger partial charge in [-0.1, -0.05) is 50.6 Å². The lowest BCUT2D eigenvalue weighted by molar-refractivity contribution is 0.590. The van der Waals surface area contributed by atoms with Gasteiger partial charge in [-0.3, -0.25) is 0 Å². The van der Waals surface area contributed by atoms with E-state index >= 15 is 0 Å². The number of hydrogen-bond donors (Lipinski definition) is 0. The van der Waals surface area contributed by atoms with Crippen molar-refractivity contribution in [3.8, 4) is 0 Å². The van der Waals surface area contributed by atoms with Crippen molar-refractivity contribution in [1.29, 1.82) is 0 Å². The van der Waals surface area contributed by atoms with Gasteiger partial charge in [0, 0.05) is 0 Å². The summed E-state index contributed by atoms with van der Waals surface area (Å²) in [7, 11) is 0. The average molecular weight is 212 g/mol. The lowest BCUT2D eigenvalue weighted by Gasteiger charge is -2.18. The fourth-order valence-electron chi connectivity index (χ4n) is 1.05. The van der Waals surface area contributed by atoms with E-state index in [9.17, 15) is 0 Å². The van der Waals surface area contributed by atoms with Gasteiger partial charge in [0.05, 0.1) is 0 Å². The summed E-state index contributed by atoms with van der Waals surface area (Å²) in [6.07, 6.45) is 0. The SMILES string of the molecule is Cc1ccc(C(C)(C)C)cc1.O=S=O. The Labute approximate surface area is 89.0 Å². The first-order valence-electron chi connectivity index (χ1n) is 4.40. The summed E-state index contributed by atoms with van der Waals surface area (Å²) in [6.45, 7) is 8.82. The number of hydrogen-bond acceptors (Lipinski definition) is 2. The molecule has 0 unspecified atom stereocenters. The van der Waals surface area contributed by atoms with Gasteiger partial charge in [-0.25, -0.2) is 0 Å². The minimum absolute atomic E-state index is 0.285. The van der Waals surface area contributed by atoms with Gasteiger partial charge in [-0.05, 0) is 17.9 Å². The monoisotopic (exact) mass is 212 g/mol. The van der Waals surface area contributed by atoms with E-state index in [1.165, 1.54) is 11.1 Å². The highest BCUT2D eigenvalue weighted by Gasteiger charge is 2.11. The second-order valence-electron chi connectivity index (χ2n) is 4.18. The summed E-state index contributed by atoms with van der Waals surface area (Å²) >= 11 is -0.750. The molecule has 1 aromatic rings. The smallest absolute Gasteiger partial charge is 0.168 e. The fourth-order valence-corrected chi connectivity index (χ4v) is 1.05. The van der Waals surface area contributed by atoms with Gasteiger partial charge in [0.25, 0.3) is 0 Å². The normalized spacial score (nSPS) is 10.0. The molecule has 0 spiro atoms. The molecule has 0 heterocycles. The van der Waals surface area contributed by atoms with Crippen molar-refractivity contribution >= 4 is 11.6 Å². The molecule has 0 radical (unpaired) electrons. The van der Waals surface area contributed by atoms with Crippen LogP contribution in [0.15, 0.2) is 24.3 Å². The predicted octanol–water partition coefficient (Wildman–Crippen LogP) is 2.62. The van der Waals surface area contributed by atoms with E-state index in [1.807, 2.05) is 0 Å². The van der Waals surface area contributed by atoms with Crippen molar-refractivity contribution in [2.45, 2.75) is 33.1 Å². The number of benzene rings is 1. The maximum Gasteiger partial charge on any atom is 0.335 e. The molecule has 1 rings (SSSR count). The third-order valence-corrected chi connectivity index (χ3v) is 1.92. The van der Waals surface area contributed by atoms with E-state index in [1.54, 1.807) is 0 Å². The van der Waals surface area contributed by atoms with Crippen LogP contribution in [-0.4, -0.2) is 8.42 Å². The summed E-state index contributed by atoms with van der Waals surface area (Å²) in [4.78, 5) is 0. The van der Waals surface area contributed by atoms with Crippen LogP contribution in [0.3, 0.4) is 0 Å². The van der Waals surface area contributed by atoms with Crippen LogP contribution in [0.4, 0.5) is 0 Å². The first-order chi connectivity index (χ1) is 6.41. The summed E-state index contributed by atoms with van der Waals surface area (Å²) in [5.74, 6) is 0. The molecular formula is C11H16O2S. The molecule has 0 N–H and O–H groups in total. The van der Waals surface area contributed by atoms with Gasteiger partial charge in [0.1, 0.15) is 0 Å². The standard InChI is InChI=1S/C11H16.O2S/c1-9-5-7-10(8-6-9)11(2,3)4;1-3-2/h5-8H,1-4H3;. The molecule has 0 atom stereocenters. The van der Waals surface area contributed by atoms with Crippen molar-refractivity contribution < 1.29 is 8.42 Å². The zero-order valence-corrected chi connectivity index (χ0v) is 9.85. The van der Waals surface area contributed by atoms with Crippen LogP contribution in [0.2, 0.25) is 0 Å². The van der Waals surface area contributed by atoms with Crippen LogP contribution in [0.1, 0.15) is 31.9 Å². The Morgan fingerprint density at radius 1 is 1.00 bits per heavy atom. The lowest BCUT2D eigenvalue weighted by Crippen LogP contribution is -2.10. The number of aryl methyl sites for hydroxylation is 1. The quantitative estimate of drug-likeness (QED) is 0.662. The molecule has 3 heteroatoms. The minimum Gasteiger partial charge on any atom is -0.168 e. The van der Waals surface area contributed by atoms with E-state index in [0.717, 1.165) is 0 Å². The third-order valence-electron chi connectivity index (χ3n) is 1.92. The van der Waals surface area contributed by atoms with Gasteiger partial charge in [-0.15, -0.1) is 0 Å². The molecule has 1 aromatic carbocycles. The van der Waals surface area contributed by atoms with Crippen LogP contribution < -0.4 is 0 Å². The fraction of sp³-hybridized carbons (Fsp3) is 0.455. The van der Waals surface area contributed by atoms with Gasteiger partial charge in [0.2, 0.25) is 0 Å². The summed E-state index contributed by atoms with van der Waals surface area (Å²) in [5.41, 5.74) is 3.02. The van der Waals surface area contributed by atoms with Gasteiger partial charge >= 0.3 is 11.6 Å². The van der Waals surface area contributed by atoms with Crippen LogP contribution in [0.25, 0.3) is 0 Å². The van der Waals surface area contributed by atoms with E-state index in [0.29, 0.717) is 0 Å². The first-order valence-corrected chi connectivity index (χ1v) is 5.07. The molecule has 0 aliphatic heterocycles. The second kappa shape index (κ2) is 5.70. The van der Waals surface area contributed by atoms with Crippen LogP contribution in [0, 0.1) is 6.92 Å². The average Bonchev–Trinajstić information content (AvgIpc) is 2.04. The van der Waals surface area contributed by atoms with Crippen molar-refractivity contribution in [3.05, 3.63) is 35.4 Å². The Bertz CT molecular complexity index is 303. The zero-order chi connectivity index (χ0) is 11.2. The van der Waals surface area contributed by atoms with Crippen molar-refractivity contribution in [2.24, 2.45) is 0 Å². The van der Waals surface area contributed by atoms with Crippen LogP contribution in [0.5, 0.6) is 0 Å². The zero-order valence-electron chi connectivity index (χ0n) is 9.03. The topological polar surface area (TPSA) is 34.1 Å². The highest BCUT2D eigenvalue weighted by molar-refractivity contribution is 7.51. The molecule has 0 aliphatic carbocycles. The highest BCUT2D eigenvalue weighted by Crippen LogP contribution is 2.21. The lowest BCUT2D eigenvalue weighted by atomic mass is 9.87. The Kier molecular flexibility index (Phi) is 5.31. The van der Waals surface area contributed by atoms with Crippen LogP contribution >= 0.6 is 0 Å². The Hall–Kier alpha value is -0.960. The summed E-state index contributed by atoms with van der Waals surface area (Å²) < 4.78 is 16.6. The molecule has 0 aliphatic rings. The molecule has 0 saturated carbocycles. The van der Waals surface area contributed by atoms with Crippen molar-refractivity contribution in [1.82, 2.24) is 0 Å². The highest BCUT2D eigenvalue weighted by atomic mass is 32.1. The van der Waals surface area contributed by atoms with E-state index in [2.05, 4.69) is 52.0 Å². The molecule has 78 valence electrons. The van der Waals surface area contributed by atoms with E-state index < -0.39 is 11.6 Å². The van der Waals surface area contributed by atoms with Gasteiger partial charge in [0.15, 0.2) is 0 Å². The predicted molar refractivity (Wildman–Crippen MR) is 58.8 cm³/mol. The number of rotatable bonds is 0. The molecular weight excluding hydrogens is 196 g/mol. The molecule has 0 fully saturated rings. The molecule has 0 amide bonds. The Morgan fingerprint density at radius 3 is 1.64 bits per heavy atom. The minimum atomic E-state index is -0.750. The van der Waals surface area contributed by atoms with Crippen molar-refractivity contribution in [3.63, 3.8) is 0 Å². The maximum absolute atomic E-state index is 8.29. The summed E-state index contributed by atoms with van der Waals surface area (Å²) in [5, 5.41) is 0. The van der Waals surface area contributed by atoms with Crippen LogP contribution in [-0.2, 0) is 17.0 Å². The molecule has 0 aromatic heterocycles. The summed E-state index contributed by atoms with van der Waals surface area (Å²) in [6, 6.07) is 8.74. The third kappa shape index (κ3) is 4.92. The largest absolute Gasteiger partial charge is 0.335 e. The molecule has 2 nitrogen and oxygen atoms in total. The van der Waals surface area contributed by atoms with Gasteiger partial charge in [-0.2, -0.15) is 8.42 Å². The first kappa shape index (κ1) is 13.0. The second-order valence-corrected chi connectivity index (χ2v) is 4.32. The Morgan fingerprint density at radius 2 is 1.36 bits per heavy atom. The molecule has 0 bridgehead atoms. The van der Waals surface area contributed by atoms with E-state index in [4.69, 9.17) is 8.42 Å². The molecule has 0 saturated heterocycles. The van der Waals surface area contributed by atoms with Gasteiger partial charge < -0.3 is 0 Å².